The van der Waals surface area contributed by atoms with E-state index in [0.29, 0.717) is 22.0 Å². The number of ether oxygens (including phenoxy) is 2. The Hall–Kier alpha value is -4.06. The van der Waals surface area contributed by atoms with E-state index in [-0.39, 0.29) is 28.6 Å². The molecule has 0 aliphatic heterocycles. The number of carbonyl (C=O) groups is 1. The molecule has 10 heteroatoms. The van der Waals surface area contributed by atoms with Crippen LogP contribution in [-0.4, -0.2) is 17.9 Å². The number of nitrogens with zero attached hydrogens (tertiary/aromatic N) is 2. The van der Waals surface area contributed by atoms with Gasteiger partial charge in [0.1, 0.15) is 18.2 Å². The minimum atomic E-state index is -0.689. The van der Waals surface area contributed by atoms with Crippen molar-refractivity contribution in [1.82, 2.24) is 0 Å². The summed E-state index contributed by atoms with van der Waals surface area (Å²) in [6.07, 6.45) is 1.34. The standard InChI is InChI=1S/C24H17Cl2N3O5/c1-33-22-12-15(11-21(26)23(22)34-14-16-4-2-3-5-20(16)25)10-17(13-27)24(30)28-18-6-8-19(9-7-18)29(31)32/h2-12H,14H2,1H3,(H,28,30). The molecule has 0 spiro atoms. The van der Waals surface area contributed by atoms with Gasteiger partial charge >= 0.3 is 0 Å². The lowest BCUT2D eigenvalue weighted by molar-refractivity contribution is -0.384. The smallest absolute Gasteiger partial charge is 0.269 e. The highest BCUT2D eigenvalue weighted by Crippen LogP contribution is 2.38. The number of nitro benzene ring substituents is 1. The molecule has 1 N–H and O–H groups in total. The molecule has 0 radical (unpaired) electrons. The van der Waals surface area contributed by atoms with E-state index in [2.05, 4.69) is 5.32 Å². The second kappa shape index (κ2) is 11.2. The fourth-order valence-electron chi connectivity index (χ4n) is 2.91. The number of methoxy groups -OCH3 is 1. The summed E-state index contributed by atoms with van der Waals surface area (Å²) in [6.45, 7) is 0.159. The van der Waals surface area contributed by atoms with Crippen LogP contribution in [0, 0.1) is 21.4 Å². The molecule has 3 aromatic carbocycles. The molecule has 0 saturated heterocycles. The van der Waals surface area contributed by atoms with Crippen molar-refractivity contribution in [3.63, 3.8) is 0 Å². The lowest BCUT2D eigenvalue weighted by Crippen LogP contribution is -2.13. The molecule has 3 aromatic rings. The zero-order valence-corrected chi connectivity index (χ0v) is 19.3. The Morgan fingerprint density at radius 3 is 2.47 bits per heavy atom. The summed E-state index contributed by atoms with van der Waals surface area (Å²) < 4.78 is 11.2. The Kier molecular flexibility index (Phi) is 8.09. The number of rotatable bonds is 8. The topological polar surface area (TPSA) is 114 Å². The predicted octanol–water partition coefficient (Wildman–Crippen LogP) is 6.03. The summed E-state index contributed by atoms with van der Waals surface area (Å²) in [5.74, 6) is -0.0977. The molecule has 0 aliphatic carbocycles. The number of anilines is 1. The maximum absolute atomic E-state index is 12.5. The average molecular weight is 498 g/mol. The van der Waals surface area contributed by atoms with Gasteiger partial charge in [0.2, 0.25) is 0 Å². The van der Waals surface area contributed by atoms with E-state index in [1.807, 2.05) is 24.3 Å². The van der Waals surface area contributed by atoms with Gasteiger partial charge in [0.05, 0.1) is 17.1 Å². The Labute approximate surface area is 205 Å². The van der Waals surface area contributed by atoms with E-state index in [9.17, 15) is 20.2 Å². The van der Waals surface area contributed by atoms with Gasteiger partial charge in [0.15, 0.2) is 11.5 Å². The highest BCUT2D eigenvalue weighted by atomic mass is 35.5. The third-order valence-electron chi connectivity index (χ3n) is 4.59. The van der Waals surface area contributed by atoms with Crippen molar-refractivity contribution in [2.75, 3.05) is 12.4 Å². The monoisotopic (exact) mass is 497 g/mol. The van der Waals surface area contributed by atoms with E-state index in [1.54, 1.807) is 12.1 Å². The van der Waals surface area contributed by atoms with Crippen molar-refractivity contribution in [3.8, 4) is 17.6 Å². The van der Waals surface area contributed by atoms with Crippen LogP contribution in [0.4, 0.5) is 11.4 Å². The number of nitro groups is 1. The summed E-state index contributed by atoms with van der Waals surface area (Å²) in [6, 6.07) is 17.4. The number of amides is 1. The van der Waals surface area contributed by atoms with E-state index in [4.69, 9.17) is 32.7 Å². The first kappa shape index (κ1) is 24.6. The molecule has 0 fully saturated rings. The SMILES string of the molecule is COc1cc(C=C(C#N)C(=O)Nc2ccc([N+](=O)[O-])cc2)cc(Cl)c1OCc1ccccc1Cl. The molecule has 0 atom stereocenters. The number of non-ortho nitro benzene ring substituents is 1. The number of carbonyl (C=O) groups excluding carboxylic acids is 1. The van der Waals surface area contributed by atoms with E-state index in [1.165, 1.54) is 43.5 Å². The third-order valence-corrected chi connectivity index (χ3v) is 5.24. The minimum Gasteiger partial charge on any atom is -0.493 e. The van der Waals surface area contributed by atoms with Gasteiger partial charge in [-0.2, -0.15) is 5.26 Å². The van der Waals surface area contributed by atoms with Crippen LogP contribution in [0.25, 0.3) is 6.08 Å². The first-order chi connectivity index (χ1) is 16.3. The van der Waals surface area contributed by atoms with Gasteiger partial charge in [0.25, 0.3) is 11.6 Å². The van der Waals surface area contributed by atoms with E-state index < -0.39 is 10.8 Å². The first-order valence-corrected chi connectivity index (χ1v) is 10.5. The van der Waals surface area contributed by atoms with Crippen LogP contribution in [0.1, 0.15) is 11.1 Å². The van der Waals surface area contributed by atoms with Gasteiger partial charge in [-0.3, -0.25) is 14.9 Å². The van der Waals surface area contributed by atoms with Crippen LogP contribution in [-0.2, 0) is 11.4 Å². The molecule has 0 bridgehead atoms. The van der Waals surface area contributed by atoms with Gasteiger partial charge in [-0.25, -0.2) is 0 Å². The first-order valence-electron chi connectivity index (χ1n) is 9.73. The molecule has 8 nitrogen and oxygen atoms in total. The fourth-order valence-corrected chi connectivity index (χ4v) is 3.37. The average Bonchev–Trinajstić information content (AvgIpc) is 2.82. The summed E-state index contributed by atoms with van der Waals surface area (Å²) in [5.41, 5.74) is 1.17. The van der Waals surface area contributed by atoms with Gasteiger partial charge < -0.3 is 14.8 Å². The van der Waals surface area contributed by atoms with Crippen LogP contribution in [0.2, 0.25) is 10.0 Å². The predicted molar refractivity (Wildman–Crippen MR) is 129 cm³/mol. The Balaban J connectivity index is 1.80. The molecular weight excluding hydrogens is 481 g/mol. The van der Waals surface area contributed by atoms with Crippen molar-refractivity contribution in [1.29, 1.82) is 5.26 Å². The maximum Gasteiger partial charge on any atom is 0.269 e. The summed E-state index contributed by atoms with van der Waals surface area (Å²) >= 11 is 12.6. The van der Waals surface area contributed by atoms with Crippen molar-refractivity contribution in [2.45, 2.75) is 6.61 Å². The van der Waals surface area contributed by atoms with Crippen molar-refractivity contribution < 1.29 is 19.2 Å². The highest BCUT2D eigenvalue weighted by molar-refractivity contribution is 6.32. The van der Waals surface area contributed by atoms with Gasteiger partial charge in [-0.15, -0.1) is 0 Å². The van der Waals surface area contributed by atoms with Crippen LogP contribution in [0.3, 0.4) is 0 Å². The zero-order valence-electron chi connectivity index (χ0n) is 17.7. The molecule has 3 rings (SSSR count). The minimum absolute atomic E-state index is 0.118. The van der Waals surface area contributed by atoms with Crippen molar-refractivity contribution in [2.24, 2.45) is 0 Å². The summed E-state index contributed by atoms with van der Waals surface area (Å²) in [7, 11) is 1.44. The quantitative estimate of drug-likeness (QED) is 0.175. The summed E-state index contributed by atoms with van der Waals surface area (Å²) in [5, 5.41) is 23.5. The third kappa shape index (κ3) is 6.04. The summed E-state index contributed by atoms with van der Waals surface area (Å²) in [4.78, 5) is 22.7. The van der Waals surface area contributed by atoms with Crippen molar-refractivity contribution in [3.05, 3.63) is 97.5 Å². The van der Waals surface area contributed by atoms with Crippen LogP contribution in [0.15, 0.2) is 66.2 Å². The molecule has 172 valence electrons. The van der Waals surface area contributed by atoms with Gasteiger partial charge in [-0.1, -0.05) is 41.4 Å². The Bertz CT molecular complexity index is 1300. The van der Waals surface area contributed by atoms with E-state index in [0.717, 1.165) is 5.56 Å². The molecule has 0 unspecified atom stereocenters. The number of hydrogen-bond donors (Lipinski definition) is 1. The van der Waals surface area contributed by atoms with Crippen LogP contribution in [0.5, 0.6) is 11.5 Å². The number of nitriles is 1. The molecule has 34 heavy (non-hydrogen) atoms. The number of nitrogens with one attached hydrogen (secondary N) is 1. The molecular formula is C24H17Cl2N3O5. The fraction of sp³-hybridized carbons (Fsp3) is 0.0833. The molecule has 0 aliphatic rings. The van der Waals surface area contributed by atoms with Crippen molar-refractivity contribution >= 4 is 46.6 Å². The second-order valence-corrected chi connectivity index (χ2v) is 7.66. The Morgan fingerprint density at radius 1 is 1.15 bits per heavy atom. The number of benzene rings is 3. The van der Waals surface area contributed by atoms with Crippen LogP contribution < -0.4 is 14.8 Å². The number of hydrogen-bond acceptors (Lipinski definition) is 6. The van der Waals surface area contributed by atoms with Crippen LogP contribution >= 0.6 is 23.2 Å². The molecule has 0 heterocycles. The molecule has 0 saturated carbocycles. The van der Waals surface area contributed by atoms with Gasteiger partial charge in [-0.05, 0) is 42.0 Å². The lowest BCUT2D eigenvalue weighted by Gasteiger charge is -2.14. The highest BCUT2D eigenvalue weighted by Gasteiger charge is 2.15. The largest absolute Gasteiger partial charge is 0.493 e. The second-order valence-electron chi connectivity index (χ2n) is 6.84. The molecule has 0 aromatic heterocycles. The normalized spacial score (nSPS) is 10.8. The van der Waals surface area contributed by atoms with Gasteiger partial charge in [0, 0.05) is 28.4 Å². The number of halogens is 2. The Morgan fingerprint density at radius 2 is 1.85 bits per heavy atom. The maximum atomic E-state index is 12.5. The zero-order chi connectivity index (χ0) is 24.7. The lowest BCUT2D eigenvalue weighted by atomic mass is 10.1. The van der Waals surface area contributed by atoms with E-state index >= 15 is 0 Å². The molecule has 1 amide bonds.